The third-order valence-electron chi connectivity index (χ3n) is 2.35. The Kier molecular flexibility index (Phi) is 4.57. The second-order valence-electron chi connectivity index (χ2n) is 3.64. The Morgan fingerprint density at radius 2 is 2.12 bits per heavy atom. The molecule has 0 bridgehead atoms. The van der Waals surface area contributed by atoms with Crippen molar-refractivity contribution in [3.05, 3.63) is 56.7 Å². The maximum absolute atomic E-state index is 3.48. The standard InChI is InChI=1S/C13H14BrNS/c14-12-4-1-3-11(9-12)10-15-7-6-13-5-2-8-16-13/h1-5,8-9,15H,6-7,10H2. The fraction of sp³-hybridized carbons (Fsp3) is 0.231. The lowest BCUT2D eigenvalue weighted by molar-refractivity contribution is 0.690. The van der Waals surface area contributed by atoms with Crippen molar-refractivity contribution < 1.29 is 0 Å². The summed E-state index contributed by atoms with van der Waals surface area (Å²) < 4.78 is 1.14. The zero-order chi connectivity index (χ0) is 11.2. The summed E-state index contributed by atoms with van der Waals surface area (Å²) in [7, 11) is 0. The normalized spacial score (nSPS) is 10.6. The molecule has 0 fully saturated rings. The van der Waals surface area contributed by atoms with Gasteiger partial charge in [-0.05, 0) is 35.6 Å². The molecule has 2 rings (SSSR count). The molecule has 0 spiro atoms. The number of hydrogen-bond donors (Lipinski definition) is 1. The van der Waals surface area contributed by atoms with E-state index in [4.69, 9.17) is 0 Å². The van der Waals surface area contributed by atoms with Crippen molar-refractivity contribution in [1.82, 2.24) is 5.32 Å². The maximum atomic E-state index is 3.48. The van der Waals surface area contributed by atoms with Gasteiger partial charge < -0.3 is 5.32 Å². The van der Waals surface area contributed by atoms with E-state index in [9.17, 15) is 0 Å². The van der Waals surface area contributed by atoms with E-state index in [0.717, 1.165) is 24.0 Å². The van der Waals surface area contributed by atoms with E-state index in [-0.39, 0.29) is 0 Å². The number of halogens is 1. The van der Waals surface area contributed by atoms with Crippen molar-refractivity contribution in [2.75, 3.05) is 6.54 Å². The molecule has 0 unspecified atom stereocenters. The van der Waals surface area contributed by atoms with Gasteiger partial charge in [0.25, 0.3) is 0 Å². The van der Waals surface area contributed by atoms with Crippen LogP contribution in [0, 0.1) is 0 Å². The Morgan fingerprint density at radius 3 is 2.88 bits per heavy atom. The summed E-state index contributed by atoms with van der Waals surface area (Å²) in [5.41, 5.74) is 1.32. The lowest BCUT2D eigenvalue weighted by atomic mass is 10.2. The van der Waals surface area contributed by atoms with Crippen molar-refractivity contribution in [1.29, 1.82) is 0 Å². The van der Waals surface area contributed by atoms with Crippen LogP contribution in [-0.4, -0.2) is 6.54 Å². The molecule has 1 nitrogen and oxygen atoms in total. The molecule has 0 radical (unpaired) electrons. The largest absolute Gasteiger partial charge is 0.312 e. The van der Waals surface area contributed by atoms with Gasteiger partial charge in [-0.1, -0.05) is 34.1 Å². The van der Waals surface area contributed by atoms with Crippen LogP contribution in [0.4, 0.5) is 0 Å². The van der Waals surface area contributed by atoms with E-state index in [1.165, 1.54) is 10.4 Å². The van der Waals surface area contributed by atoms with Crippen LogP contribution in [0.1, 0.15) is 10.4 Å². The van der Waals surface area contributed by atoms with E-state index in [0.29, 0.717) is 0 Å². The number of rotatable bonds is 5. The van der Waals surface area contributed by atoms with Gasteiger partial charge in [0, 0.05) is 22.4 Å². The van der Waals surface area contributed by atoms with E-state index < -0.39 is 0 Å². The maximum Gasteiger partial charge on any atom is 0.0206 e. The Labute approximate surface area is 109 Å². The summed E-state index contributed by atoms with van der Waals surface area (Å²) in [5.74, 6) is 0. The monoisotopic (exact) mass is 295 g/mol. The van der Waals surface area contributed by atoms with Crippen LogP contribution in [0.25, 0.3) is 0 Å². The number of benzene rings is 1. The van der Waals surface area contributed by atoms with Crippen LogP contribution in [-0.2, 0) is 13.0 Å². The quantitative estimate of drug-likeness (QED) is 0.827. The third-order valence-corrected chi connectivity index (χ3v) is 3.78. The highest BCUT2D eigenvalue weighted by Crippen LogP contribution is 2.11. The topological polar surface area (TPSA) is 12.0 Å². The molecule has 1 N–H and O–H groups in total. The summed E-state index contributed by atoms with van der Waals surface area (Å²) in [6.07, 6.45) is 1.12. The molecule has 0 aliphatic carbocycles. The van der Waals surface area contributed by atoms with Crippen molar-refractivity contribution in [3.63, 3.8) is 0 Å². The molecular formula is C13H14BrNS. The van der Waals surface area contributed by atoms with Crippen LogP contribution in [0.3, 0.4) is 0 Å². The van der Waals surface area contributed by atoms with Gasteiger partial charge in [0.15, 0.2) is 0 Å². The fourth-order valence-electron chi connectivity index (χ4n) is 1.55. The molecule has 0 saturated carbocycles. The second-order valence-corrected chi connectivity index (χ2v) is 5.58. The minimum Gasteiger partial charge on any atom is -0.312 e. The molecule has 0 saturated heterocycles. The van der Waals surface area contributed by atoms with E-state index >= 15 is 0 Å². The van der Waals surface area contributed by atoms with Crippen LogP contribution >= 0.6 is 27.3 Å². The molecular weight excluding hydrogens is 282 g/mol. The summed E-state index contributed by atoms with van der Waals surface area (Å²) >= 11 is 5.30. The van der Waals surface area contributed by atoms with Gasteiger partial charge in [0.2, 0.25) is 0 Å². The zero-order valence-corrected chi connectivity index (χ0v) is 11.4. The highest BCUT2D eigenvalue weighted by Gasteiger charge is 1.95. The van der Waals surface area contributed by atoms with Gasteiger partial charge in [-0.2, -0.15) is 0 Å². The van der Waals surface area contributed by atoms with Gasteiger partial charge in [-0.15, -0.1) is 11.3 Å². The van der Waals surface area contributed by atoms with Crippen LogP contribution in [0.2, 0.25) is 0 Å². The predicted octanol–water partition coefficient (Wildman–Crippen LogP) is 3.84. The van der Waals surface area contributed by atoms with Crippen LogP contribution < -0.4 is 5.32 Å². The lowest BCUT2D eigenvalue weighted by Gasteiger charge is -2.04. The molecule has 0 aliphatic heterocycles. The first kappa shape index (κ1) is 11.8. The molecule has 0 aliphatic rings. The van der Waals surface area contributed by atoms with Crippen LogP contribution in [0.5, 0.6) is 0 Å². The molecule has 0 atom stereocenters. The number of thiophene rings is 1. The minimum absolute atomic E-state index is 0.935. The predicted molar refractivity (Wildman–Crippen MR) is 73.9 cm³/mol. The molecule has 1 heterocycles. The Balaban J connectivity index is 1.72. The Bertz CT molecular complexity index is 425. The van der Waals surface area contributed by atoms with Crippen molar-refractivity contribution >= 4 is 27.3 Å². The first-order valence-corrected chi connectivity index (χ1v) is 6.99. The highest BCUT2D eigenvalue weighted by atomic mass is 79.9. The molecule has 84 valence electrons. The summed E-state index contributed by atoms with van der Waals surface area (Å²) in [6, 6.07) is 12.7. The third kappa shape index (κ3) is 3.74. The molecule has 3 heteroatoms. The van der Waals surface area contributed by atoms with Crippen LogP contribution in [0.15, 0.2) is 46.3 Å². The van der Waals surface area contributed by atoms with Crippen molar-refractivity contribution in [2.24, 2.45) is 0 Å². The summed E-state index contributed by atoms with van der Waals surface area (Å²) in [4.78, 5) is 1.45. The first-order chi connectivity index (χ1) is 7.84. The lowest BCUT2D eigenvalue weighted by Crippen LogP contribution is -2.16. The fourth-order valence-corrected chi connectivity index (χ4v) is 2.70. The molecule has 1 aromatic carbocycles. The number of hydrogen-bond acceptors (Lipinski definition) is 2. The van der Waals surface area contributed by atoms with Gasteiger partial charge in [-0.3, -0.25) is 0 Å². The van der Waals surface area contributed by atoms with Gasteiger partial charge in [-0.25, -0.2) is 0 Å². The zero-order valence-electron chi connectivity index (χ0n) is 8.95. The Hall–Kier alpha value is -0.640. The Morgan fingerprint density at radius 1 is 1.19 bits per heavy atom. The summed E-state index contributed by atoms with van der Waals surface area (Å²) in [5, 5.41) is 5.58. The van der Waals surface area contributed by atoms with E-state index in [2.05, 4.69) is 63.0 Å². The van der Waals surface area contributed by atoms with Crippen molar-refractivity contribution in [3.8, 4) is 0 Å². The first-order valence-electron chi connectivity index (χ1n) is 5.32. The smallest absolute Gasteiger partial charge is 0.0206 e. The summed E-state index contributed by atoms with van der Waals surface area (Å²) in [6.45, 7) is 1.97. The molecule has 0 amide bonds. The van der Waals surface area contributed by atoms with Crippen molar-refractivity contribution in [2.45, 2.75) is 13.0 Å². The molecule has 1 aromatic heterocycles. The van der Waals surface area contributed by atoms with Gasteiger partial charge in [0.05, 0.1) is 0 Å². The minimum atomic E-state index is 0.935. The second kappa shape index (κ2) is 6.18. The average molecular weight is 296 g/mol. The van der Waals surface area contributed by atoms with E-state index in [1.807, 2.05) is 11.3 Å². The van der Waals surface area contributed by atoms with Gasteiger partial charge >= 0.3 is 0 Å². The molecule has 16 heavy (non-hydrogen) atoms. The SMILES string of the molecule is Brc1cccc(CNCCc2cccs2)c1. The van der Waals surface area contributed by atoms with Gasteiger partial charge in [0.1, 0.15) is 0 Å². The average Bonchev–Trinajstić information content (AvgIpc) is 2.77. The van der Waals surface area contributed by atoms with E-state index in [1.54, 1.807) is 0 Å². The highest BCUT2D eigenvalue weighted by molar-refractivity contribution is 9.10. The molecule has 2 aromatic rings. The number of nitrogens with one attached hydrogen (secondary N) is 1.